The number of hydrogen-bond acceptors (Lipinski definition) is 5. The van der Waals surface area contributed by atoms with Crippen LogP contribution in [-0.4, -0.2) is 45.7 Å². The second kappa shape index (κ2) is 10.4. The Hall–Kier alpha value is -2.13. The summed E-state index contributed by atoms with van der Waals surface area (Å²) in [6, 6.07) is 12.3. The SMILES string of the molecule is COc1ccc(Cl)cc1S(=O)(=O)NC(Cc1ccccc1)C(=O)NCCCO. The number of amides is 1. The van der Waals surface area contributed by atoms with Crippen LogP contribution in [-0.2, 0) is 21.2 Å². The molecule has 0 heterocycles. The average molecular weight is 427 g/mol. The molecule has 0 radical (unpaired) electrons. The van der Waals surface area contributed by atoms with Crippen LogP contribution in [0.3, 0.4) is 0 Å². The van der Waals surface area contributed by atoms with E-state index in [9.17, 15) is 13.2 Å². The quantitative estimate of drug-likeness (QED) is 0.502. The van der Waals surface area contributed by atoms with Gasteiger partial charge in [0.2, 0.25) is 15.9 Å². The van der Waals surface area contributed by atoms with Crippen LogP contribution in [0.5, 0.6) is 5.75 Å². The second-order valence-corrected chi connectivity index (χ2v) is 8.15. The van der Waals surface area contributed by atoms with Gasteiger partial charge in [-0.05, 0) is 36.6 Å². The maximum atomic E-state index is 12.9. The molecule has 0 bridgehead atoms. The number of carbonyl (C=O) groups is 1. The molecule has 28 heavy (non-hydrogen) atoms. The number of methoxy groups -OCH3 is 1. The molecule has 152 valence electrons. The highest BCUT2D eigenvalue weighted by molar-refractivity contribution is 7.89. The van der Waals surface area contributed by atoms with Gasteiger partial charge in [0.05, 0.1) is 7.11 Å². The highest BCUT2D eigenvalue weighted by atomic mass is 35.5. The molecule has 0 aliphatic rings. The molecule has 7 nitrogen and oxygen atoms in total. The first-order chi connectivity index (χ1) is 13.4. The number of halogens is 1. The molecule has 1 atom stereocenters. The van der Waals surface area contributed by atoms with Crippen LogP contribution >= 0.6 is 11.6 Å². The fraction of sp³-hybridized carbons (Fsp3) is 0.316. The summed E-state index contributed by atoms with van der Waals surface area (Å²) in [4.78, 5) is 12.4. The van der Waals surface area contributed by atoms with Gasteiger partial charge in [-0.1, -0.05) is 41.9 Å². The smallest absolute Gasteiger partial charge is 0.245 e. The molecule has 2 rings (SSSR count). The fourth-order valence-electron chi connectivity index (χ4n) is 2.56. The molecule has 2 aromatic rings. The van der Waals surface area contributed by atoms with Crippen LogP contribution in [0.1, 0.15) is 12.0 Å². The monoisotopic (exact) mass is 426 g/mol. The van der Waals surface area contributed by atoms with E-state index < -0.39 is 22.0 Å². The maximum absolute atomic E-state index is 12.9. The minimum atomic E-state index is -4.09. The van der Waals surface area contributed by atoms with Crippen LogP contribution in [0, 0.1) is 0 Å². The Bertz CT molecular complexity index is 890. The zero-order chi connectivity index (χ0) is 20.6. The largest absolute Gasteiger partial charge is 0.495 e. The third-order valence-electron chi connectivity index (χ3n) is 3.95. The van der Waals surface area contributed by atoms with E-state index in [2.05, 4.69) is 10.0 Å². The van der Waals surface area contributed by atoms with Gasteiger partial charge in [-0.2, -0.15) is 4.72 Å². The molecular formula is C19H23ClN2O5S. The highest BCUT2D eigenvalue weighted by Crippen LogP contribution is 2.27. The van der Waals surface area contributed by atoms with Crippen molar-refractivity contribution < 1.29 is 23.1 Å². The summed E-state index contributed by atoms with van der Waals surface area (Å²) in [6.45, 7) is 0.165. The van der Waals surface area contributed by atoms with Gasteiger partial charge in [0.25, 0.3) is 0 Å². The second-order valence-electron chi connectivity index (χ2n) is 6.03. The molecule has 0 saturated heterocycles. The molecule has 9 heteroatoms. The zero-order valence-corrected chi connectivity index (χ0v) is 17.0. The Morgan fingerprint density at radius 1 is 1.21 bits per heavy atom. The molecule has 0 fully saturated rings. The van der Waals surface area contributed by atoms with E-state index in [4.69, 9.17) is 21.4 Å². The van der Waals surface area contributed by atoms with Crippen LogP contribution < -0.4 is 14.8 Å². The Morgan fingerprint density at radius 2 is 1.93 bits per heavy atom. The Kier molecular flexibility index (Phi) is 8.25. The molecular weight excluding hydrogens is 404 g/mol. The van der Waals surface area contributed by atoms with Crippen molar-refractivity contribution >= 4 is 27.5 Å². The van der Waals surface area contributed by atoms with Crippen molar-refractivity contribution in [1.29, 1.82) is 0 Å². The first-order valence-corrected chi connectivity index (χ1v) is 10.5. The molecule has 0 aliphatic heterocycles. The number of carbonyl (C=O) groups excluding carboxylic acids is 1. The lowest BCUT2D eigenvalue weighted by atomic mass is 10.1. The number of sulfonamides is 1. The predicted octanol–water partition coefficient (Wildman–Crippen LogP) is 1.74. The van der Waals surface area contributed by atoms with Crippen LogP contribution in [0.15, 0.2) is 53.4 Å². The number of nitrogens with one attached hydrogen (secondary N) is 2. The van der Waals surface area contributed by atoms with Gasteiger partial charge in [-0.15, -0.1) is 0 Å². The minimum Gasteiger partial charge on any atom is -0.495 e. The number of aliphatic hydroxyl groups excluding tert-OH is 1. The van der Waals surface area contributed by atoms with Crippen molar-refractivity contribution in [3.05, 3.63) is 59.1 Å². The summed E-state index contributed by atoms with van der Waals surface area (Å²) >= 11 is 5.94. The number of aliphatic hydroxyl groups is 1. The normalized spacial score (nSPS) is 12.4. The molecule has 3 N–H and O–H groups in total. The Labute approximate surface area is 169 Å². The predicted molar refractivity (Wildman–Crippen MR) is 107 cm³/mol. The average Bonchev–Trinajstić information content (AvgIpc) is 2.68. The number of hydrogen-bond donors (Lipinski definition) is 3. The lowest BCUT2D eigenvalue weighted by Crippen LogP contribution is -2.48. The summed E-state index contributed by atoms with van der Waals surface area (Å²) < 4.78 is 33.4. The van der Waals surface area contributed by atoms with E-state index >= 15 is 0 Å². The molecule has 0 spiro atoms. The molecule has 0 aliphatic carbocycles. The van der Waals surface area contributed by atoms with E-state index in [0.29, 0.717) is 6.42 Å². The van der Waals surface area contributed by atoms with Crippen LogP contribution in [0.2, 0.25) is 5.02 Å². The summed E-state index contributed by atoms with van der Waals surface area (Å²) in [6.07, 6.45) is 0.534. The first-order valence-electron chi connectivity index (χ1n) is 8.65. The van der Waals surface area contributed by atoms with Gasteiger partial charge >= 0.3 is 0 Å². The van der Waals surface area contributed by atoms with Crippen molar-refractivity contribution in [3.63, 3.8) is 0 Å². The number of rotatable bonds is 10. The maximum Gasteiger partial charge on any atom is 0.245 e. The van der Waals surface area contributed by atoms with Gasteiger partial charge in [-0.25, -0.2) is 8.42 Å². The van der Waals surface area contributed by atoms with Crippen LogP contribution in [0.4, 0.5) is 0 Å². The molecule has 1 unspecified atom stereocenters. The van der Waals surface area contributed by atoms with Crippen molar-refractivity contribution in [2.75, 3.05) is 20.3 Å². The van der Waals surface area contributed by atoms with Crippen molar-refractivity contribution in [1.82, 2.24) is 10.0 Å². The van der Waals surface area contributed by atoms with Gasteiger partial charge in [0.1, 0.15) is 16.7 Å². The third kappa shape index (κ3) is 6.20. The van der Waals surface area contributed by atoms with E-state index in [1.54, 1.807) is 0 Å². The Balaban J connectivity index is 2.29. The van der Waals surface area contributed by atoms with Gasteiger partial charge in [-0.3, -0.25) is 4.79 Å². The van der Waals surface area contributed by atoms with Crippen molar-refractivity contribution in [3.8, 4) is 5.75 Å². The van der Waals surface area contributed by atoms with E-state index in [-0.39, 0.29) is 35.2 Å². The third-order valence-corrected chi connectivity index (χ3v) is 5.67. The van der Waals surface area contributed by atoms with E-state index in [1.807, 2.05) is 30.3 Å². The van der Waals surface area contributed by atoms with Crippen molar-refractivity contribution in [2.45, 2.75) is 23.8 Å². The van der Waals surface area contributed by atoms with Crippen LogP contribution in [0.25, 0.3) is 0 Å². The lowest BCUT2D eigenvalue weighted by Gasteiger charge is -2.19. The first kappa shape index (κ1) is 22.2. The lowest BCUT2D eigenvalue weighted by molar-refractivity contribution is -0.122. The van der Waals surface area contributed by atoms with Gasteiger partial charge in [0, 0.05) is 18.2 Å². The summed E-state index contributed by atoms with van der Waals surface area (Å²) in [5.74, 6) is -0.363. The van der Waals surface area contributed by atoms with E-state index in [1.165, 1.54) is 25.3 Å². The number of ether oxygens (including phenoxy) is 1. The molecule has 2 aromatic carbocycles. The molecule has 1 amide bonds. The topological polar surface area (TPSA) is 105 Å². The minimum absolute atomic E-state index is 0.0743. The standard InChI is InChI=1S/C19H23ClN2O5S/c1-27-17-9-8-15(20)13-18(17)28(25,26)22-16(19(24)21-10-5-11-23)12-14-6-3-2-4-7-14/h2-4,6-9,13,16,22-23H,5,10-12H2,1H3,(H,21,24). The number of benzene rings is 2. The van der Waals surface area contributed by atoms with Crippen molar-refractivity contribution in [2.24, 2.45) is 0 Å². The summed E-state index contributed by atoms with van der Waals surface area (Å²) in [5, 5.41) is 11.7. The van der Waals surface area contributed by atoms with Gasteiger partial charge < -0.3 is 15.2 Å². The molecule has 0 saturated carbocycles. The fourth-order valence-corrected chi connectivity index (χ4v) is 4.19. The van der Waals surface area contributed by atoms with Gasteiger partial charge in [0.15, 0.2) is 0 Å². The Morgan fingerprint density at radius 3 is 2.57 bits per heavy atom. The molecule has 0 aromatic heterocycles. The summed E-state index contributed by atoms with van der Waals surface area (Å²) in [5.41, 5.74) is 0.797. The van der Waals surface area contributed by atoms with E-state index in [0.717, 1.165) is 5.56 Å². The highest BCUT2D eigenvalue weighted by Gasteiger charge is 2.28. The zero-order valence-electron chi connectivity index (χ0n) is 15.4. The summed E-state index contributed by atoms with van der Waals surface area (Å²) in [7, 11) is -2.74.